The van der Waals surface area contributed by atoms with Crippen molar-refractivity contribution >= 4 is 51.9 Å². The van der Waals surface area contributed by atoms with E-state index in [0.29, 0.717) is 0 Å². The monoisotopic (exact) mass is 243 g/mol. The molecule has 0 aromatic carbocycles. The van der Waals surface area contributed by atoms with E-state index in [4.69, 9.17) is 0 Å². The van der Waals surface area contributed by atoms with Crippen LogP contribution in [0.1, 0.15) is 0 Å². The minimum Gasteiger partial charge on any atom is 0 e. The van der Waals surface area contributed by atoms with Gasteiger partial charge in [-0.25, -0.2) is 0 Å². The summed E-state index contributed by atoms with van der Waals surface area (Å²) in [7, 11) is 0. The molecular weight excluding hydrogens is 240 g/mol. The average molecular weight is 243 g/mol. The van der Waals surface area contributed by atoms with E-state index in [1.807, 2.05) is 0 Å². The van der Waals surface area contributed by atoms with Crippen LogP contribution in [-0.4, -0.2) is 51.9 Å². The van der Waals surface area contributed by atoms with Gasteiger partial charge < -0.3 is 0 Å². The van der Waals surface area contributed by atoms with E-state index in [1.54, 1.807) is 0 Å². The zero-order chi connectivity index (χ0) is 2.00. The summed E-state index contributed by atoms with van der Waals surface area (Å²) in [5.74, 6) is 0. The summed E-state index contributed by atoms with van der Waals surface area (Å²) in [6, 6.07) is 0. The summed E-state index contributed by atoms with van der Waals surface area (Å²) in [6.07, 6.45) is 0. The van der Waals surface area contributed by atoms with Crippen LogP contribution in [0.3, 0.4) is 0 Å². The van der Waals surface area contributed by atoms with Crippen molar-refractivity contribution in [2.45, 2.75) is 0 Å². The summed E-state index contributed by atoms with van der Waals surface area (Å²) >= 11 is 5.25. The Bertz CT molecular complexity index is 8.00. The first-order valence-corrected chi connectivity index (χ1v) is 3.39. The first-order chi connectivity index (χ1) is 1.00. The Morgan fingerprint density at radius 1 is 1.25 bits per heavy atom. The predicted octanol–water partition coefficient (Wildman–Crippen LogP) is -1.57. The van der Waals surface area contributed by atoms with Crippen LogP contribution in [-0.2, 0) is 33.7 Å². The molecule has 0 atom stereocenters. The van der Waals surface area contributed by atoms with Gasteiger partial charge in [0.15, 0.2) is 0 Å². The van der Waals surface area contributed by atoms with Crippen LogP contribution in [0.5, 0.6) is 0 Å². The Morgan fingerprint density at radius 2 is 1.25 bits per heavy atom. The molecule has 0 aliphatic carbocycles. The van der Waals surface area contributed by atoms with E-state index in [2.05, 4.69) is 28.4 Å². The fourth-order valence-corrected chi connectivity index (χ4v) is 0. The van der Waals surface area contributed by atoms with Crippen molar-refractivity contribution in [3.05, 3.63) is 0 Å². The molecule has 0 radical (unpaired) electrons. The van der Waals surface area contributed by atoms with Gasteiger partial charge in [0.25, 0.3) is 0 Å². The molecule has 0 heterocycles. The molecule has 0 nitrogen and oxygen atoms in total. The minimum atomic E-state index is 0. The average Bonchev–Trinajstić information content (AvgIpc) is 1.00. The largest absolute Gasteiger partial charge is 0 e. The fraction of sp³-hybridized carbons (Fsp3) is 0. The number of hydrogen-bond acceptors (Lipinski definition) is 0. The molecule has 0 fully saturated rings. The topological polar surface area (TPSA) is 0 Å². The van der Waals surface area contributed by atoms with Crippen molar-refractivity contribution in [2.24, 2.45) is 0 Å². The molecule has 0 saturated heterocycles. The molecule has 21 valence electrons. The fourth-order valence-electron chi connectivity index (χ4n) is 0. The molecule has 0 aliphatic heterocycles. The molecule has 0 spiro atoms. The van der Waals surface area contributed by atoms with Crippen LogP contribution in [0.25, 0.3) is 0 Å². The van der Waals surface area contributed by atoms with Crippen molar-refractivity contribution in [3.8, 4) is 0 Å². The summed E-state index contributed by atoms with van der Waals surface area (Å²) in [4.78, 5) is 0. The molecule has 0 bridgehead atoms. The third kappa shape index (κ3) is 8.87. The van der Waals surface area contributed by atoms with Crippen molar-refractivity contribution in [1.29, 1.82) is 0 Å². The van der Waals surface area contributed by atoms with Crippen LogP contribution in [0, 0.1) is 0 Å². The number of hydrogen-bond donors (Lipinski definition) is 0. The number of rotatable bonds is 0. The zero-order valence-electron chi connectivity index (χ0n) is 1.51. The van der Waals surface area contributed by atoms with Gasteiger partial charge in [-0.1, -0.05) is 0 Å². The first-order valence-electron chi connectivity index (χ1n) is 0.158. The van der Waals surface area contributed by atoms with Crippen LogP contribution in [0.15, 0.2) is 0 Å². The minimum absolute atomic E-state index is 0. The van der Waals surface area contributed by atoms with Gasteiger partial charge in [-0.15, -0.1) is 0 Å². The van der Waals surface area contributed by atoms with Gasteiger partial charge in [0, 0.05) is 19.5 Å². The molecule has 0 N–H and O–H groups in total. The van der Waals surface area contributed by atoms with Gasteiger partial charge in [0.1, 0.15) is 0 Å². The van der Waals surface area contributed by atoms with Gasteiger partial charge in [-0.05, 0) is 0 Å². The maximum atomic E-state index is 3.19. The second-order valence-electron chi connectivity index (χ2n) is 0. The van der Waals surface area contributed by atoms with Crippen LogP contribution < -0.4 is 0 Å². The Kier molecular flexibility index (Phi) is 66.3. The van der Waals surface area contributed by atoms with Crippen LogP contribution in [0.4, 0.5) is 0 Å². The second kappa shape index (κ2) is 16.8. The Labute approximate surface area is 83.8 Å². The smallest absolute Gasteiger partial charge is 0 e. The third-order valence-corrected chi connectivity index (χ3v) is 0. The SMILES string of the molecule is [CaH2].[Fe][SeH].[Zn]. The molecule has 0 amide bonds. The third-order valence-electron chi connectivity index (χ3n) is 0. The van der Waals surface area contributed by atoms with Crippen molar-refractivity contribution < 1.29 is 33.7 Å². The molecule has 4 heavy (non-hydrogen) atoms. The molecule has 0 aromatic heterocycles. The van der Waals surface area contributed by atoms with Gasteiger partial charge in [0.05, 0.1) is 0 Å². The quantitative estimate of drug-likeness (QED) is 0.451. The van der Waals surface area contributed by atoms with E-state index < -0.39 is 0 Å². The summed E-state index contributed by atoms with van der Waals surface area (Å²) in [5, 5.41) is 0. The summed E-state index contributed by atoms with van der Waals surface area (Å²) < 4.78 is 0. The summed E-state index contributed by atoms with van der Waals surface area (Å²) in [5.41, 5.74) is 0. The molecule has 0 rings (SSSR count). The normalized spacial score (nSPS) is 1.50. The van der Waals surface area contributed by atoms with Gasteiger partial charge >= 0.3 is 66.1 Å². The van der Waals surface area contributed by atoms with E-state index in [-0.39, 0.29) is 57.2 Å². The Balaban J connectivity index is -0.00000000500. The Hall–Kier alpha value is 2.92. The molecule has 4 heteroatoms. The molecular formula is H3CaFeSeZn. The summed E-state index contributed by atoms with van der Waals surface area (Å²) in [6.45, 7) is 0. The van der Waals surface area contributed by atoms with Gasteiger partial charge in [-0.2, -0.15) is 0 Å². The molecule has 0 unspecified atom stereocenters. The maximum absolute atomic E-state index is 3.19. The second-order valence-corrected chi connectivity index (χ2v) is 0. The molecule has 0 aliphatic rings. The van der Waals surface area contributed by atoms with Crippen molar-refractivity contribution in [3.63, 3.8) is 0 Å². The van der Waals surface area contributed by atoms with Crippen LogP contribution >= 0.6 is 0 Å². The molecule has 0 saturated carbocycles. The van der Waals surface area contributed by atoms with E-state index in [1.165, 1.54) is 0 Å². The van der Waals surface area contributed by atoms with E-state index in [9.17, 15) is 0 Å². The van der Waals surface area contributed by atoms with Crippen molar-refractivity contribution in [2.75, 3.05) is 0 Å². The van der Waals surface area contributed by atoms with E-state index >= 15 is 0 Å². The molecule has 0 aromatic rings. The zero-order valence-corrected chi connectivity index (χ0v) is 7.46. The van der Waals surface area contributed by atoms with Gasteiger partial charge in [-0.3, -0.25) is 0 Å². The van der Waals surface area contributed by atoms with E-state index in [0.717, 1.165) is 0 Å². The predicted molar refractivity (Wildman–Crippen MR) is 15.7 cm³/mol. The first kappa shape index (κ1) is 15.8. The maximum Gasteiger partial charge on any atom is 0 e. The van der Waals surface area contributed by atoms with Crippen LogP contribution in [0.2, 0.25) is 0 Å². The standard InChI is InChI=1S/Ca.Fe.H2Se.Zn.2H/h;;1H2;;;/q;+1;;;;/p-1. The Morgan fingerprint density at radius 3 is 1.25 bits per heavy atom. The van der Waals surface area contributed by atoms with Gasteiger partial charge in [0.2, 0.25) is 0 Å². The van der Waals surface area contributed by atoms with Crippen molar-refractivity contribution in [1.82, 2.24) is 0 Å².